The van der Waals surface area contributed by atoms with Crippen LogP contribution in [-0.2, 0) is 86.8 Å². The molecule has 1 saturated heterocycles. The van der Waals surface area contributed by atoms with Crippen molar-refractivity contribution in [2.24, 2.45) is 5.41 Å². The Bertz CT molecular complexity index is 2880. The van der Waals surface area contributed by atoms with Gasteiger partial charge in [-0.05, 0) is 156 Å². The molecule has 0 radical (unpaired) electrons. The van der Waals surface area contributed by atoms with Gasteiger partial charge in [-0.3, -0.25) is 43.7 Å². The first-order valence-electron chi connectivity index (χ1n) is 32.1. The van der Waals surface area contributed by atoms with Gasteiger partial charge in [0, 0.05) is 95.4 Å². The minimum atomic E-state index is -0.694. The highest BCUT2D eigenvalue weighted by molar-refractivity contribution is 6.28. The Hall–Kier alpha value is -6.18. The average molecular weight is 1290 g/mol. The number of carbonyl (C=O) groups is 5. The lowest BCUT2D eigenvalue weighted by molar-refractivity contribution is -0.772. The van der Waals surface area contributed by atoms with E-state index in [1.807, 2.05) is 104 Å². The van der Waals surface area contributed by atoms with Crippen molar-refractivity contribution in [1.29, 1.82) is 0 Å². The molecule has 4 aromatic rings. The van der Waals surface area contributed by atoms with Crippen molar-refractivity contribution in [1.82, 2.24) is 58.9 Å². The summed E-state index contributed by atoms with van der Waals surface area (Å²) >= 11 is 6.55. The van der Waals surface area contributed by atoms with Gasteiger partial charge in [-0.25, -0.2) is 14.8 Å². The van der Waals surface area contributed by atoms with Crippen LogP contribution in [0.15, 0.2) is 49.1 Å². The van der Waals surface area contributed by atoms with Crippen molar-refractivity contribution in [2.45, 2.75) is 217 Å². The number of unbranched alkanes of at least 4 members (excludes halogenated alkanes) is 2. The Morgan fingerprint density at radius 2 is 1.12 bits per heavy atom. The molecule has 25 heteroatoms. The fourth-order valence-electron chi connectivity index (χ4n) is 10.4. The number of halogens is 1. The summed E-state index contributed by atoms with van der Waals surface area (Å²) in [5.74, 6) is -0.150. The third-order valence-electron chi connectivity index (χ3n) is 13.8. The number of hydrogen-bond donors (Lipinski definition) is 1. The van der Waals surface area contributed by atoms with Crippen molar-refractivity contribution in [2.75, 3.05) is 90.4 Å². The third-order valence-corrected chi connectivity index (χ3v) is 13.9. The molecule has 1 fully saturated rings. The number of imidazole rings is 1. The number of nitrogens with zero attached hydrogens (tertiary/aromatic N) is 13. The second kappa shape index (κ2) is 33.6. The molecule has 24 nitrogen and oxygen atoms in total. The first-order chi connectivity index (χ1) is 42.2. The lowest BCUT2D eigenvalue weighted by Gasteiger charge is -2.40. The fraction of sp³-hybridized carbons (Fsp3) is 0.712. The molecular formula is C66H108ClN14O10+. The van der Waals surface area contributed by atoms with E-state index in [-0.39, 0.29) is 79.3 Å². The van der Waals surface area contributed by atoms with Crippen molar-refractivity contribution in [3.63, 3.8) is 0 Å². The highest BCUT2D eigenvalue weighted by Gasteiger charge is 2.32. The molecule has 4 heterocycles. The lowest BCUT2D eigenvalue weighted by Crippen LogP contribution is -2.54. The predicted molar refractivity (Wildman–Crippen MR) is 349 cm³/mol. The largest absolute Gasteiger partial charge is 0.459 e. The predicted octanol–water partition coefficient (Wildman–Crippen LogP) is 7.43. The monoisotopic (exact) mass is 1290 g/mol. The highest BCUT2D eigenvalue weighted by atomic mass is 35.5. The summed E-state index contributed by atoms with van der Waals surface area (Å²) < 4.78 is 32.3. The average Bonchev–Trinajstić information content (AvgIpc) is 2.21. The van der Waals surface area contributed by atoms with Crippen LogP contribution in [-0.4, -0.2) is 208 Å². The van der Waals surface area contributed by atoms with E-state index >= 15 is 0 Å². The standard InChI is InChI=1S/C66H108ClN14O10/c1-61(2,3)47-76-35-34-74(42-54(82)87-62(4,5)6)32-33-75(43-55(83)88-63(7,8)9)36-37-78(44-56(84)89-64(10,11)12)51(40-76)38-49-22-24-50(25-23-49)39-52-71-59(67)73-60(72-52)69-26-20-19-21-29-77(41-53-68-27-30-79(53)45-57(85)90-65(13,14)15)48-81-70-28-31-80(81)46-58(86)91-66(16,17)18/h22-25,27-28,30-31,51H,19-21,26,29,32-48H2,1-18H3,(H,69,71,72,73)/q+1. The summed E-state index contributed by atoms with van der Waals surface area (Å²) in [6.07, 6.45) is 10.3. The molecule has 1 aliphatic rings. The number of ether oxygens (including phenoxy) is 5. The van der Waals surface area contributed by atoms with Crippen LogP contribution in [0.25, 0.3) is 0 Å². The van der Waals surface area contributed by atoms with Crippen LogP contribution >= 0.6 is 11.6 Å². The van der Waals surface area contributed by atoms with E-state index in [2.05, 4.69) is 94.9 Å². The molecule has 0 spiro atoms. The van der Waals surface area contributed by atoms with Gasteiger partial charge < -0.3 is 33.6 Å². The Labute approximate surface area is 546 Å². The molecule has 0 aliphatic carbocycles. The van der Waals surface area contributed by atoms with Gasteiger partial charge in [0.25, 0.3) is 0 Å². The molecule has 1 aromatic carbocycles. The summed E-state index contributed by atoms with van der Waals surface area (Å²) in [7, 11) is 0. The van der Waals surface area contributed by atoms with E-state index in [4.69, 9.17) is 40.3 Å². The second-order valence-electron chi connectivity index (χ2n) is 30.0. The third kappa shape index (κ3) is 31.3. The van der Waals surface area contributed by atoms with Crippen LogP contribution in [0, 0.1) is 5.41 Å². The van der Waals surface area contributed by atoms with Crippen molar-refractivity contribution in [3.05, 3.63) is 77.1 Å². The molecule has 0 bridgehead atoms. The number of carbonyl (C=O) groups excluding carboxylic acids is 5. The van der Waals surface area contributed by atoms with Gasteiger partial charge in [-0.1, -0.05) is 51.5 Å². The quantitative estimate of drug-likeness (QED) is 0.0278. The van der Waals surface area contributed by atoms with E-state index in [0.29, 0.717) is 103 Å². The molecule has 5 rings (SSSR count). The summed E-state index contributed by atoms with van der Waals surface area (Å²) in [6, 6.07) is 8.20. The minimum Gasteiger partial charge on any atom is -0.459 e. The van der Waals surface area contributed by atoms with Crippen molar-refractivity contribution >= 4 is 47.4 Å². The fourth-order valence-corrected chi connectivity index (χ4v) is 10.6. The first-order valence-corrected chi connectivity index (χ1v) is 32.4. The summed E-state index contributed by atoms with van der Waals surface area (Å²) in [6.45, 7) is 41.1. The van der Waals surface area contributed by atoms with Crippen molar-refractivity contribution < 1.29 is 52.3 Å². The van der Waals surface area contributed by atoms with E-state index in [9.17, 15) is 24.0 Å². The van der Waals surface area contributed by atoms with Crippen LogP contribution < -0.4 is 10.00 Å². The highest BCUT2D eigenvalue weighted by Crippen LogP contribution is 2.22. The molecule has 0 saturated carbocycles. The number of esters is 5. The number of hydrogen-bond acceptors (Lipinski definition) is 21. The Kier molecular flexibility index (Phi) is 27.9. The van der Waals surface area contributed by atoms with E-state index in [0.717, 1.165) is 36.9 Å². The molecule has 91 heavy (non-hydrogen) atoms. The van der Waals surface area contributed by atoms with Gasteiger partial charge in [0.15, 0.2) is 12.9 Å². The summed E-state index contributed by atoms with van der Waals surface area (Å²) in [5.41, 5.74) is -1.30. The molecule has 1 N–H and O–H groups in total. The maximum Gasteiger partial charge on any atom is 0.351 e. The molecule has 1 aliphatic heterocycles. The van der Waals surface area contributed by atoms with Gasteiger partial charge in [0.05, 0.1) is 26.2 Å². The minimum absolute atomic E-state index is 0.0136. The Balaban J connectivity index is 1.30. The van der Waals surface area contributed by atoms with Gasteiger partial charge in [0.1, 0.15) is 46.2 Å². The smallest absolute Gasteiger partial charge is 0.351 e. The van der Waals surface area contributed by atoms with E-state index < -0.39 is 28.0 Å². The summed E-state index contributed by atoms with van der Waals surface area (Å²) in [4.78, 5) is 97.4. The van der Waals surface area contributed by atoms with Gasteiger partial charge in [-0.15, -0.1) is 4.68 Å². The SMILES string of the molecule is CC(C)(C)CN1CCN(CC(=O)OC(C)(C)C)CCN(CC(=O)OC(C)(C)C)CCN(CC(=O)OC(C)(C)C)C(Cc2ccc(Cc3nc(Cl)nc(NCCCCCN(Cc4nccn4CC(=O)OC(C)(C)C)Cn4ncc[n+]4CC(=O)OC(C)(C)C)n3)cc2)C1. The van der Waals surface area contributed by atoms with Gasteiger partial charge >= 0.3 is 29.8 Å². The van der Waals surface area contributed by atoms with Crippen LogP contribution in [0.2, 0.25) is 5.28 Å². The summed E-state index contributed by atoms with van der Waals surface area (Å²) in [5, 5.41) is 7.96. The maximum absolute atomic E-state index is 13.9. The Morgan fingerprint density at radius 3 is 1.68 bits per heavy atom. The normalized spacial score (nSPS) is 16.0. The van der Waals surface area contributed by atoms with Crippen LogP contribution in [0.4, 0.5) is 5.95 Å². The molecular weight excluding hydrogens is 1180 g/mol. The first kappa shape index (κ1) is 75.5. The zero-order valence-corrected chi connectivity index (χ0v) is 58.8. The number of benzene rings is 1. The maximum atomic E-state index is 13.9. The lowest BCUT2D eigenvalue weighted by atomic mass is 9.95. The van der Waals surface area contributed by atoms with Crippen LogP contribution in [0.3, 0.4) is 0 Å². The van der Waals surface area contributed by atoms with E-state index in [1.54, 1.807) is 38.8 Å². The van der Waals surface area contributed by atoms with Crippen molar-refractivity contribution in [3.8, 4) is 0 Å². The number of anilines is 1. The molecule has 0 amide bonds. The van der Waals surface area contributed by atoms with Crippen LogP contribution in [0.5, 0.6) is 0 Å². The number of aromatic nitrogens is 8. The Morgan fingerprint density at radius 1 is 0.604 bits per heavy atom. The second-order valence-corrected chi connectivity index (χ2v) is 30.3. The van der Waals surface area contributed by atoms with Gasteiger partial charge in [0.2, 0.25) is 24.0 Å². The zero-order chi connectivity index (χ0) is 67.5. The van der Waals surface area contributed by atoms with Gasteiger partial charge in [-0.2, -0.15) is 9.97 Å². The molecule has 3 aromatic heterocycles. The zero-order valence-electron chi connectivity index (χ0n) is 58.0. The van der Waals surface area contributed by atoms with Crippen LogP contribution in [0.1, 0.15) is 167 Å². The molecule has 508 valence electrons. The number of rotatable bonds is 26. The molecule has 1 unspecified atom stereocenters. The topological polar surface area (TPSA) is 238 Å². The molecule has 1 atom stereocenters. The van der Waals surface area contributed by atoms with E-state index in [1.165, 1.54) is 0 Å². The number of nitrogens with one attached hydrogen (secondary N) is 1.